The van der Waals surface area contributed by atoms with E-state index < -0.39 is 18.0 Å². The Morgan fingerprint density at radius 2 is 1.52 bits per heavy atom. The van der Waals surface area contributed by atoms with Crippen molar-refractivity contribution in [2.75, 3.05) is 13.2 Å². The van der Waals surface area contributed by atoms with E-state index in [9.17, 15) is 23.5 Å². The molecule has 0 radical (unpaired) electrons. The molecule has 0 fully saturated rings. The lowest BCUT2D eigenvalue weighted by molar-refractivity contribution is -0.144. The highest BCUT2D eigenvalue weighted by Gasteiger charge is 2.09. The van der Waals surface area contributed by atoms with Gasteiger partial charge in [-0.05, 0) is 67.4 Å². The lowest BCUT2D eigenvalue weighted by atomic mass is 10.2. The van der Waals surface area contributed by atoms with Crippen LogP contribution < -0.4 is 9.47 Å². The third-order valence-electron chi connectivity index (χ3n) is 3.78. The van der Waals surface area contributed by atoms with Gasteiger partial charge < -0.3 is 19.3 Å². The van der Waals surface area contributed by atoms with Gasteiger partial charge in [0, 0.05) is 6.42 Å². The number of aromatic hydroxyl groups is 1. The third-order valence-corrected chi connectivity index (χ3v) is 3.78. The summed E-state index contributed by atoms with van der Waals surface area (Å²) < 4.78 is 40.0. The van der Waals surface area contributed by atoms with Gasteiger partial charge in [0.15, 0.2) is 0 Å². The summed E-state index contributed by atoms with van der Waals surface area (Å²) in [6.45, 7) is 1.33. The van der Waals surface area contributed by atoms with Crippen LogP contribution in [-0.4, -0.2) is 30.3 Å². The Labute approximate surface area is 166 Å². The lowest BCUT2D eigenvalue weighted by Gasteiger charge is -2.09. The van der Waals surface area contributed by atoms with E-state index in [1.165, 1.54) is 31.2 Å². The molecule has 0 spiro atoms. The maximum atomic E-state index is 12.2. The van der Waals surface area contributed by atoms with Gasteiger partial charge >= 0.3 is 11.9 Å². The van der Waals surface area contributed by atoms with E-state index in [-0.39, 0.29) is 37.4 Å². The molecule has 0 amide bonds. The van der Waals surface area contributed by atoms with E-state index >= 15 is 0 Å². The molecule has 0 aliphatic rings. The minimum absolute atomic E-state index is 0.0166. The number of hydrogen-bond donors (Lipinski definition) is 1. The van der Waals surface area contributed by atoms with Crippen molar-refractivity contribution in [3.8, 4) is 17.2 Å². The lowest BCUT2D eigenvalue weighted by Crippen LogP contribution is -2.12. The summed E-state index contributed by atoms with van der Waals surface area (Å²) in [4.78, 5) is 23.4. The van der Waals surface area contributed by atoms with E-state index in [0.717, 1.165) is 0 Å². The van der Waals surface area contributed by atoms with Gasteiger partial charge in [0.25, 0.3) is 6.08 Å². The summed E-state index contributed by atoms with van der Waals surface area (Å²) in [6, 6.07) is 11.9. The zero-order chi connectivity index (χ0) is 21.2. The quantitative estimate of drug-likeness (QED) is 0.376. The SMILES string of the molecule is CC(CCC(=O)OCCOc1ccc(OC(=O)c2ccc(O)cc2)cc1)=C(F)F. The van der Waals surface area contributed by atoms with Crippen LogP contribution in [0.15, 0.2) is 60.2 Å². The normalized spacial score (nSPS) is 10.2. The molecule has 6 nitrogen and oxygen atoms in total. The molecule has 0 aliphatic heterocycles. The molecule has 2 rings (SSSR count). The predicted molar refractivity (Wildman–Crippen MR) is 100 cm³/mol. The molecular weight excluding hydrogens is 386 g/mol. The average molecular weight is 406 g/mol. The number of carbonyl (C=O) groups excluding carboxylic acids is 2. The molecular formula is C21H20F2O6. The number of ether oxygens (including phenoxy) is 3. The Morgan fingerprint density at radius 1 is 0.897 bits per heavy atom. The van der Waals surface area contributed by atoms with Crippen LogP contribution in [0.5, 0.6) is 17.2 Å². The summed E-state index contributed by atoms with van der Waals surface area (Å²) in [5.74, 6) is -0.308. The van der Waals surface area contributed by atoms with Crippen LogP contribution in [0.1, 0.15) is 30.1 Å². The van der Waals surface area contributed by atoms with Gasteiger partial charge in [-0.1, -0.05) is 0 Å². The fraction of sp³-hybridized carbons (Fsp3) is 0.238. The summed E-state index contributed by atoms with van der Waals surface area (Å²) in [5.41, 5.74) is 0.161. The highest BCUT2D eigenvalue weighted by atomic mass is 19.3. The van der Waals surface area contributed by atoms with Gasteiger partial charge in [0.2, 0.25) is 0 Å². The molecule has 1 N–H and O–H groups in total. The molecule has 8 heteroatoms. The molecule has 0 atom stereocenters. The molecule has 0 heterocycles. The topological polar surface area (TPSA) is 82.1 Å². The van der Waals surface area contributed by atoms with Crippen LogP contribution >= 0.6 is 0 Å². The van der Waals surface area contributed by atoms with Crippen LogP contribution in [-0.2, 0) is 9.53 Å². The van der Waals surface area contributed by atoms with Crippen LogP contribution in [0.3, 0.4) is 0 Å². The molecule has 0 saturated heterocycles. The minimum atomic E-state index is -1.78. The van der Waals surface area contributed by atoms with Crippen LogP contribution in [0.4, 0.5) is 8.78 Å². The first-order chi connectivity index (χ1) is 13.8. The number of benzene rings is 2. The monoisotopic (exact) mass is 406 g/mol. The number of halogens is 2. The van der Waals surface area contributed by atoms with Crippen molar-refractivity contribution in [2.45, 2.75) is 19.8 Å². The smallest absolute Gasteiger partial charge is 0.343 e. The van der Waals surface area contributed by atoms with Gasteiger partial charge in [0.1, 0.15) is 30.5 Å². The Morgan fingerprint density at radius 3 is 2.14 bits per heavy atom. The Hall–Kier alpha value is -3.42. The first-order valence-corrected chi connectivity index (χ1v) is 8.75. The van der Waals surface area contributed by atoms with Crippen LogP contribution in [0.2, 0.25) is 0 Å². The van der Waals surface area contributed by atoms with Gasteiger partial charge in [-0.3, -0.25) is 4.79 Å². The van der Waals surface area contributed by atoms with Crippen molar-refractivity contribution in [1.29, 1.82) is 0 Å². The van der Waals surface area contributed by atoms with Crippen molar-refractivity contribution in [2.24, 2.45) is 0 Å². The fourth-order valence-electron chi connectivity index (χ4n) is 2.14. The first-order valence-electron chi connectivity index (χ1n) is 8.75. The largest absolute Gasteiger partial charge is 0.508 e. The van der Waals surface area contributed by atoms with Crippen molar-refractivity contribution in [3.05, 3.63) is 65.7 Å². The third kappa shape index (κ3) is 7.61. The number of phenols is 1. The summed E-state index contributed by atoms with van der Waals surface area (Å²) in [7, 11) is 0. The maximum absolute atomic E-state index is 12.2. The highest BCUT2D eigenvalue weighted by molar-refractivity contribution is 5.91. The first kappa shape index (κ1) is 21.9. The van der Waals surface area contributed by atoms with Gasteiger partial charge in [-0.2, -0.15) is 8.78 Å². The van der Waals surface area contributed by atoms with Crippen LogP contribution in [0.25, 0.3) is 0 Å². The second-order valence-corrected chi connectivity index (χ2v) is 6.02. The Kier molecular flexibility index (Phi) is 8.14. The van der Waals surface area contributed by atoms with Crippen LogP contribution in [0, 0.1) is 0 Å². The highest BCUT2D eigenvalue weighted by Crippen LogP contribution is 2.19. The summed E-state index contributed by atoms with van der Waals surface area (Å²) in [6.07, 6.45) is -1.95. The number of allylic oxidation sites excluding steroid dienone is 1. The second-order valence-electron chi connectivity index (χ2n) is 6.02. The standard InChI is InChI=1S/C21H20F2O6/c1-14(20(22)23)2-11-19(25)28-13-12-27-17-7-9-18(10-8-17)29-21(26)15-3-5-16(24)6-4-15/h3-10,24H,2,11-13H2,1H3. The molecule has 2 aromatic rings. The van der Waals surface area contributed by atoms with E-state index in [1.807, 2.05) is 0 Å². The van der Waals surface area contributed by atoms with Gasteiger partial charge in [0.05, 0.1) is 5.56 Å². The second kappa shape index (κ2) is 10.8. The zero-order valence-electron chi connectivity index (χ0n) is 15.7. The molecule has 0 saturated carbocycles. The Balaban J connectivity index is 1.71. The molecule has 0 aliphatic carbocycles. The molecule has 0 bridgehead atoms. The van der Waals surface area contributed by atoms with Crippen molar-refractivity contribution in [1.82, 2.24) is 0 Å². The van der Waals surface area contributed by atoms with Gasteiger partial charge in [-0.25, -0.2) is 4.79 Å². The molecule has 154 valence electrons. The number of carbonyl (C=O) groups is 2. The fourth-order valence-corrected chi connectivity index (χ4v) is 2.14. The van der Waals surface area contributed by atoms with Crippen molar-refractivity contribution in [3.63, 3.8) is 0 Å². The zero-order valence-corrected chi connectivity index (χ0v) is 15.7. The van der Waals surface area contributed by atoms with Gasteiger partial charge in [-0.15, -0.1) is 0 Å². The van der Waals surface area contributed by atoms with E-state index in [1.54, 1.807) is 24.3 Å². The molecule has 0 aromatic heterocycles. The molecule has 2 aromatic carbocycles. The maximum Gasteiger partial charge on any atom is 0.343 e. The molecule has 0 unspecified atom stereocenters. The van der Waals surface area contributed by atoms with E-state index in [0.29, 0.717) is 17.1 Å². The van der Waals surface area contributed by atoms with E-state index in [4.69, 9.17) is 14.2 Å². The number of hydrogen-bond acceptors (Lipinski definition) is 6. The van der Waals surface area contributed by atoms with E-state index in [2.05, 4.69) is 0 Å². The minimum Gasteiger partial charge on any atom is -0.508 e. The average Bonchev–Trinajstić information content (AvgIpc) is 2.71. The predicted octanol–water partition coefficient (Wildman–Crippen LogP) is 4.48. The number of esters is 2. The van der Waals surface area contributed by atoms with Crippen molar-refractivity contribution >= 4 is 11.9 Å². The number of rotatable bonds is 9. The summed E-state index contributed by atoms with van der Waals surface area (Å²) in [5, 5.41) is 9.22. The van der Waals surface area contributed by atoms with Crippen molar-refractivity contribution < 1.29 is 37.7 Å². The Bertz CT molecular complexity index is 856. The number of phenolic OH excluding ortho intramolecular Hbond substituents is 1. The summed E-state index contributed by atoms with van der Waals surface area (Å²) >= 11 is 0. The molecule has 29 heavy (non-hydrogen) atoms.